The van der Waals surface area contributed by atoms with Gasteiger partial charge in [-0.25, -0.2) is 0 Å². The van der Waals surface area contributed by atoms with Crippen molar-refractivity contribution in [2.45, 2.75) is 80.3 Å². The lowest BCUT2D eigenvalue weighted by molar-refractivity contribution is 0.752. The van der Waals surface area contributed by atoms with Crippen molar-refractivity contribution in [2.24, 2.45) is 11.8 Å². The van der Waals surface area contributed by atoms with Gasteiger partial charge in [-0.2, -0.15) is 0 Å². The Labute approximate surface area is 261 Å². The minimum Gasteiger partial charge on any atom is -0.0630 e. The van der Waals surface area contributed by atoms with Gasteiger partial charge in [-0.15, -0.1) is 0 Å². The molecule has 0 aromatic heterocycles. The second kappa shape index (κ2) is 11.6. The molecule has 0 radical (unpaired) electrons. The summed E-state index contributed by atoms with van der Waals surface area (Å²) < 4.78 is 0. The van der Waals surface area contributed by atoms with Crippen molar-refractivity contribution in [1.82, 2.24) is 0 Å². The van der Waals surface area contributed by atoms with Crippen LogP contribution in [0, 0.1) is 11.8 Å². The Morgan fingerprint density at radius 1 is 0.535 bits per heavy atom. The highest BCUT2D eigenvalue weighted by Gasteiger charge is 2.44. The van der Waals surface area contributed by atoms with Gasteiger partial charge in [-0.3, -0.25) is 0 Å². The Morgan fingerprint density at radius 2 is 0.907 bits per heavy atom. The second-order valence-electron chi connectivity index (χ2n) is 13.9. The summed E-state index contributed by atoms with van der Waals surface area (Å²) in [6, 6.07) is 32.9. The van der Waals surface area contributed by atoms with E-state index >= 15 is 0 Å². The number of aryl methyl sites for hydroxylation is 2. The van der Waals surface area contributed by atoms with E-state index in [2.05, 4.69) is 140 Å². The summed E-state index contributed by atoms with van der Waals surface area (Å²) >= 11 is 0. The van der Waals surface area contributed by atoms with E-state index in [0.717, 1.165) is 25.7 Å². The molecule has 0 bridgehead atoms. The van der Waals surface area contributed by atoms with Crippen LogP contribution in [-0.4, -0.2) is 8.07 Å². The van der Waals surface area contributed by atoms with E-state index in [-0.39, 0.29) is 0 Å². The van der Waals surface area contributed by atoms with Crippen molar-refractivity contribution >= 4 is 18.5 Å². The van der Waals surface area contributed by atoms with Gasteiger partial charge < -0.3 is 0 Å². The molecule has 1 heteroatoms. The first-order valence-corrected chi connectivity index (χ1v) is 19.6. The van der Waals surface area contributed by atoms with Gasteiger partial charge in [0.05, 0.1) is 0 Å². The fourth-order valence-corrected chi connectivity index (χ4v) is 12.3. The fraction of sp³-hybridized carbons (Fsp3) is 0.333. The predicted molar refractivity (Wildman–Crippen MR) is 191 cm³/mol. The zero-order chi connectivity index (χ0) is 30.5. The van der Waals surface area contributed by atoms with Crippen LogP contribution in [0.3, 0.4) is 0 Å². The molecule has 0 heterocycles. The Hall–Kier alpha value is -3.42. The van der Waals surface area contributed by atoms with Crippen molar-refractivity contribution < 1.29 is 0 Å². The van der Waals surface area contributed by atoms with E-state index in [1.54, 1.807) is 32.7 Å². The van der Waals surface area contributed by atoms with E-state index in [4.69, 9.17) is 0 Å². The monoisotopic (exact) mass is 580 g/mol. The first-order valence-electron chi connectivity index (χ1n) is 16.6. The van der Waals surface area contributed by atoms with Crippen molar-refractivity contribution in [3.05, 3.63) is 129 Å². The Morgan fingerprint density at radius 3 is 1.23 bits per heavy atom. The van der Waals surface area contributed by atoms with Crippen LogP contribution >= 0.6 is 0 Å². The van der Waals surface area contributed by atoms with Crippen LogP contribution < -0.4 is 0 Å². The SMILES string of the molecule is CCc1ccc(-c2cccc3c2C([Si](C)(C)C2=C(C(C)C)Cc4cccc(-c5ccc(CC)cc5)c42)=C(C(C)C)C3)cc1. The molecule has 0 unspecified atom stereocenters. The van der Waals surface area contributed by atoms with Crippen molar-refractivity contribution in [2.75, 3.05) is 0 Å². The molecule has 0 spiro atoms. The Bertz CT molecular complexity index is 1590. The summed E-state index contributed by atoms with van der Waals surface area (Å²) in [5, 5.41) is 3.40. The molecule has 220 valence electrons. The van der Waals surface area contributed by atoms with Crippen molar-refractivity contribution in [1.29, 1.82) is 0 Å². The second-order valence-corrected chi connectivity index (χ2v) is 18.1. The van der Waals surface area contributed by atoms with Crippen LogP contribution in [0.1, 0.15) is 74.9 Å². The van der Waals surface area contributed by atoms with Crippen molar-refractivity contribution in [3.63, 3.8) is 0 Å². The number of fused-ring (bicyclic) bond motifs is 2. The lowest BCUT2D eigenvalue weighted by atomic mass is 9.96. The third-order valence-corrected chi connectivity index (χ3v) is 13.8. The molecule has 2 aliphatic rings. The lowest BCUT2D eigenvalue weighted by Gasteiger charge is -2.34. The average molecular weight is 581 g/mol. The Balaban J connectivity index is 1.59. The highest BCUT2D eigenvalue weighted by Crippen LogP contribution is 2.54. The maximum Gasteiger partial charge on any atom is 0.113 e. The molecule has 0 atom stereocenters. The third-order valence-electron chi connectivity index (χ3n) is 10.2. The molecule has 0 aliphatic heterocycles. The normalized spacial score (nSPS) is 14.7. The summed E-state index contributed by atoms with van der Waals surface area (Å²) in [5.74, 6) is 1.04. The van der Waals surface area contributed by atoms with Gasteiger partial charge in [0.15, 0.2) is 0 Å². The van der Waals surface area contributed by atoms with Crippen LogP contribution in [0.4, 0.5) is 0 Å². The zero-order valence-corrected chi connectivity index (χ0v) is 28.6. The first-order chi connectivity index (χ1) is 20.6. The molecular formula is C42H48Si. The number of benzene rings is 4. The lowest BCUT2D eigenvalue weighted by Crippen LogP contribution is -2.33. The molecular weight excluding hydrogens is 533 g/mol. The van der Waals surface area contributed by atoms with Crippen molar-refractivity contribution in [3.8, 4) is 22.3 Å². The molecule has 6 rings (SSSR count). The fourth-order valence-electron chi connectivity index (χ4n) is 7.85. The van der Waals surface area contributed by atoms with E-state index in [0.29, 0.717) is 11.8 Å². The molecule has 0 saturated carbocycles. The minimum atomic E-state index is -2.20. The molecule has 0 saturated heterocycles. The van der Waals surface area contributed by atoms with Crippen LogP contribution in [-0.2, 0) is 25.7 Å². The summed E-state index contributed by atoms with van der Waals surface area (Å²) in [6.07, 6.45) is 4.31. The molecule has 0 fully saturated rings. The van der Waals surface area contributed by atoms with E-state index in [9.17, 15) is 0 Å². The summed E-state index contributed by atoms with van der Waals surface area (Å²) in [7, 11) is -2.20. The molecule has 4 aromatic carbocycles. The van der Waals surface area contributed by atoms with E-state index in [1.165, 1.54) is 44.5 Å². The maximum atomic E-state index is 2.67. The predicted octanol–water partition coefficient (Wildman–Crippen LogP) is 11.6. The largest absolute Gasteiger partial charge is 0.113 e. The van der Waals surface area contributed by atoms with Crippen LogP contribution in [0.15, 0.2) is 96.1 Å². The molecule has 0 N–H and O–H groups in total. The summed E-state index contributed by atoms with van der Waals surface area (Å²) in [6.45, 7) is 19.5. The van der Waals surface area contributed by atoms with Crippen LogP contribution in [0.25, 0.3) is 32.6 Å². The molecule has 0 amide bonds. The topological polar surface area (TPSA) is 0 Å². The molecule has 2 aliphatic carbocycles. The standard InChI is InChI=1S/C42H48Si/c1-9-29-17-21-31(22-18-29)35-15-11-13-33-25-37(27(3)4)41(39(33)35)43(7,8)42-38(28(5)6)26-34-14-12-16-36(40(34)42)32-23-19-30(10-2)20-24-32/h11-24,27-28H,9-10,25-26H2,1-8H3. The molecule has 0 nitrogen and oxygen atoms in total. The van der Waals surface area contributed by atoms with Gasteiger partial charge in [0.1, 0.15) is 8.07 Å². The third kappa shape index (κ3) is 5.10. The van der Waals surface area contributed by atoms with Crippen LogP contribution in [0.2, 0.25) is 13.1 Å². The van der Waals surface area contributed by atoms with Gasteiger partial charge in [-0.1, -0.05) is 151 Å². The maximum absolute atomic E-state index is 2.67. The smallest absolute Gasteiger partial charge is 0.0630 e. The highest BCUT2D eigenvalue weighted by molar-refractivity contribution is 7.09. The quantitative estimate of drug-likeness (QED) is 0.182. The zero-order valence-electron chi connectivity index (χ0n) is 27.6. The Kier molecular flexibility index (Phi) is 7.98. The van der Waals surface area contributed by atoms with Gasteiger partial charge in [-0.05, 0) is 104 Å². The minimum absolute atomic E-state index is 0.519. The number of allylic oxidation sites excluding steroid dienone is 2. The number of hydrogen-bond acceptors (Lipinski definition) is 0. The number of hydrogen-bond donors (Lipinski definition) is 0. The number of rotatable bonds is 8. The van der Waals surface area contributed by atoms with Crippen LogP contribution in [0.5, 0.6) is 0 Å². The van der Waals surface area contributed by atoms with E-state index < -0.39 is 8.07 Å². The van der Waals surface area contributed by atoms with Gasteiger partial charge in [0.2, 0.25) is 0 Å². The van der Waals surface area contributed by atoms with Gasteiger partial charge in [0, 0.05) is 0 Å². The average Bonchev–Trinajstić information content (AvgIpc) is 3.62. The van der Waals surface area contributed by atoms with Gasteiger partial charge >= 0.3 is 0 Å². The van der Waals surface area contributed by atoms with Gasteiger partial charge in [0.25, 0.3) is 0 Å². The molecule has 43 heavy (non-hydrogen) atoms. The molecule has 4 aromatic rings. The first kappa shape index (κ1) is 29.6. The highest BCUT2D eigenvalue weighted by atomic mass is 28.3. The summed E-state index contributed by atoms with van der Waals surface area (Å²) in [5.41, 5.74) is 17.8. The summed E-state index contributed by atoms with van der Waals surface area (Å²) in [4.78, 5) is 0. The van der Waals surface area contributed by atoms with E-state index in [1.807, 2.05) is 0 Å².